The summed E-state index contributed by atoms with van der Waals surface area (Å²) in [6.45, 7) is 4.27. The van der Waals surface area contributed by atoms with Crippen molar-refractivity contribution < 1.29 is 15.0 Å². The first-order valence-corrected chi connectivity index (χ1v) is 17.5. The minimum Gasteiger partial charge on any atom is -0.394 e. The summed E-state index contributed by atoms with van der Waals surface area (Å²) in [4.78, 5) is 12.3. The van der Waals surface area contributed by atoms with Gasteiger partial charge in [-0.15, -0.1) is 0 Å². The smallest absolute Gasteiger partial charge is 0.220 e. The molecule has 0 aliphatic heterocycles. The summed E-state index contributed by atoms with van der Waals surface area (Å²) < 4.78 is 0. The molecular formula is C36H69NO3. The zero-order chi connectivity index (χ0) is 29.4. The van der Waals surface area contributed by atoms with Crippen molar-refractivity contribution in [3.05, 3.63) is 24.3 Å². The highest BCUT2D eigenvalue weighted by Gasteiger charge is 2.19. The van der Waals surface area contributed by atoms with Crippen LogP contribution in [0.1, 0.15) is 181 Å². The van der Waals surface area contributed by atoms with Gasteiger partial charge in [-0.05, 0) is 38.5 Å². The van der Waals surface area contributed by atoms with Crippen molar-refractivity contribution in [2.24, 2.45) is 0 Å². The van der Waals surface area contributed by atoms with E-state index < -0.39 is 12.1 Å². The first-order chi connectivity index (χ1) is 19.7. The van der Waals surface area contributed by atoms with E-state index in [0.29, 0.717) is 12.8 Å². The summed E-state index contributed by atoms with van der Waals surface area (Å²) >= 11 is 0. The number of hydrogen-bond acceptors (Lipinski definition) is 3. The van der Waals surface area contributed by atoms with E-state index in [9.17, 15) is 15.0 Å². The van der Waals surface area contributed by atoms with Crippen molar-refractivity contribution in [1.82, 2.24) is 5.32 Å². The third-order valence-electron chi connectivity index (χ3n) is 7.95. The Morgan fingerprint density at radius 3 is 1.60 bits per heavy atom. The number of aliphatic hydroxyl groups is 2. The predicted octanol–water partition coefficient (Wildman–Crippen LogP) is 10.1. The number of unbranched alkanes of at least 4 members (excludes halogenated alkanes) is 20. The van der Waals surface area contributed by atoms with E-state index in [1.54, 1.807) is 0 Å². The largest absolute Gasteiger partial charge is 0.394 e. The Morgan fingerprint density at radius 1 is 0.600 bits per heavy atom. The minimum atomic E-state index is -0.661. The second kappa shape index (κ2) is 32.4. The number of nitrogens with one attached hydrogen (secondary N) is 1. The highest BCUT2D eigenvalue weighted by molar-refractivity contribution is 5.76. The summed E-state index contributed by atoms with van der Waals surface area (Å²) in [7, 11) is 0. The molecule has 0 heterocycles. The summed E-state index contributed by atoms with van der Waals surface area (Å²) in [6, 6.07) is -0.539. The lowest BCUT2D eigenvalue weighted by Crippen LogP contribution is -2.45. The Bertz CT molecular complexity index is 574. The van der Waals surface area contributed by atoms with Gasteiger partial charge in [0.25, 0.3) is 0 Å². The van der Waals surface area contributed by atoms with Crippen molar-refractivity contribution >= 4 is 5.91 Å². The van der Waals surface area contributed by atoms with Crippen molar-refractivity contribution in [2.45, 2.75) is 193 Å². The van der Waals surface area contributed by atoms with Gasteiger partial charge in [0, 0.05) is 6.42 Å². The lowest BCUT2D eigenvalue weighted by Gasteiger charge is -2.22. The summed E-state index contributed by atoms with van der Waals surface area (Å²) in [6.07, 6.45) is 39.4. The number of allylic oxidation sites excluding steroid dienone is 4. The Morgan fingerprint density at radius 2 is 1.07 bits per heavy atom. The van der Waals surface area contributed by atoms with Crippen LogP contribution in [0.25, 0.3) is 0 Å². The second-order valence-electron chi connectivity index (χ2n) is 11.9. The Hall–Kier alpha value is -1.13. The van der Waals surface area contributed by atoms with E-state index in [0.717, 1.165) is 44.9 Å². The van der Waals surface area contributed by atoms with Crippen LogP contribution >= 0.6 is 0 Å². The van der Waals surface area contributed by atoms with E-state index in [4.69, 9.17) is 0 Å². The molecule has 40 heavy (non-hydrogen) atoms. The van der Waals surface area contributed by atoms with E-state index in [1.165, 1.54) is 109 Å². The van der Waals surface area contributed by atoms with Gasteiger partial charge >= 0.3 is 0 Å². The lowest BCUT2D eigenvalue weighted by atomic mass is 10.0. The number of carbonyl (C=O) groups excluding carboxylic acids is 1. The van der Waals surface area contributed by atoms with Crippen LogP contribution in [0.4, 0.5) is 0 Å². The molecule has 0 aliphatic rings. The lowest BCUT2D eigenvalue weighted by molar-refractivity contribution is -0.123. The normalized spacial score (nSPS) is 13.4. The topological polar surface area (TPSA) is 69.6 Å². The van der Waals surface area contributed by atoms with Crippen molar-refractivity contribution in [2.75, 3.05) is 6.61 Å². The number of amides is 1. The first kappa shape index (κ1) is 38.9. The highest BCUT2D eigenvalue weighted by atomic mass is 16.3. The van der Waals surface area contributed by atoms with Gasteiger partial charge in [0.1, 0.15) is 0 Å². The Kier molecular flexibility index (Phi) is 31.5. The quantitative estimate of drug-likeness (QED) is 0.0580. The van der Waals surface area contributed by atoms with Gasteiger partial charge in [0.05, 0.1) is 18.8 Å². The van der Waals surface area contributed by atoms with Crippen LogP contribution in [-0.2, 0) is 4.79 Å². The van der Waals surface area contributed by atoms with Gasteiger partial charge in [0.15, 0.2) is 0 Å². The van der Waals surface area contributed by atoms with Gasteiger partial charge in [-0.1, -0.05) is 160 Å². The summed E-state index contributed by atoms with van der Waals surface area (Å²) in [5.41, 5.74) is 0. The zero-order valence-corrected chi connectivity index (χ0v) is 26.9. The molecule has 236 valence electrons. The van der Waals surface area contributed by atoms with Crippen LogP contribution in [0, 0.1) is 0 Å². The van der Waals surface area contributed by atoms with Crippen LogP contribution in [0.5, 0.6) is 0 Å². The number of aliphatic hydroxyl groups excluding tert-OH is 2. The molecule has 2 unspecified atom stereocenters. The zero-order valence-electron chi connectivity index (χ0n) is 26.9. The molecule has 0 aliphatic carbocycles. The fourth-order valence-corrected chi connectivity index (χ4v) is 5.22. The van der Waals surface area contributed by atoms with Crippen LogP contribution < -0.4 is 5.32 Å². The average molecular weight is 564 g/mol. The Labute approximate surface area is 249 Å². The Balaban J connectivity index is 3.59. The van der Waals surface area contributed by atoms with Crippen molar-refractivity contribution in [3.8, 4) is 0 Å². The van der Waals surface area contributed by atoms with Crippen LogP contribution in [0.2, 0.25) is 0 Å². The molecule has 4 heteroatoms. The molecule has 0 fully saturated rings. The van der Waals surface area contributed by atoms with Crippen LogP contribution in [-0.4, -0.2) is 34.9 Å². The van der Waals surface area contributed by atoms with Gasteiger partial charge in [0.2, 0.25) is 5.91 Å². The molecule has 0 rings (SSSR count). The highest BCUT2D eigenvalue weighted by Crippen LogP contribution is 2.15. The van der Waals surface area contributed by atoms with E-state index in [1.807, 2.05) is 0 Å². The standard InChI is InChI=1S/C36H69NO3/c1-3-5-7-9-11-13-15-17-18-20-21-23-25-27-29-31-35(39)34(33-38)37-36(40)32-30-28-26-24-22-19-16-14-12-10-8-6-4-2/h8,10,14,16,34-35,38-39H,3-7,9,11-13,15,17-33H2,1-2H3,(H,37,40)/b10-8-,16-14-. The predicted molar refractivity (Wildman–Crippen MR) is 175 cm³/mol. The summed E-state index contributed by atoms with van der Waals surface area (Å²) in [5.74, 6) is -0.0475. The number of hydrogen-bond donors (Lipinski definition) is 3. The fourth-order valence-electron chi connectivity index (χ4n) is 5.22. The molecular weight excluding hydrogens is 494 g/mol. The van der Waals surface area contributed by atoms with E-state index in [2.05, 4.69) is 43.5 Å². The third-order valence-corrected chi connectivity index (χ3v) is 7.95. The van der Waals surface area contributed by atoms with Crippen molar-refractivity contribution in [3.63, 3.8) is 0 Å². The molecule has 2 atom stereocenters. The molecule has 0 aromatic carbocycles. The molecule has 0 aromatic heterocycles. The van der Waals surface area contributed by atoms with Gasteiger partial charge in [-0.25, -0.2) is 0 Å². The average Bonchev–Trinajstić information content (AvgIpc) is 2.96. The molecule has 0 saturated heterocycles. The van der Waals surface area contributed by atoms with Crippen LogP contribution in [0.15, 0.2) is 24.3 Å². The van der Waals surface area contributed by atoms with Crippen molar-refractivity contribution in [1.29, 1.82) is 0 Å². The first-order valence-electron chi connectivity index (χ1n) is 17.5. The molecule has 1 amide bonds. The maximum Gasteiger partial charge on any atom is 0.220 e. The van der Waals surface area contributed by atoms with Gasteiger partial charge in [-0.2, -0.15) is 0 Å². The molecule has 0 radical (unpaired) electrons. The maximum absolute atomic E-state index is 12.3. The van der Waals surface area contributed by atoms with Crippen LogP contribution in [0.3, 0.4) is 0 Å². The fraction of sp³-hybridized carbons (Fsp3) is 0.861. The molecule has 0 bridgehead atoms. The molecule has 0 aromatic rings. The van der Waals surface area contributed by atoms with E-state index >= 15 is 0 Å². The third kappa shape index (κ3) is 28.4. The minimum absolute atomic E-state index is 0.0475. The molecule has 0 spiro atoms. The van der Waals surface area contributed by atoms with Gasteiger partial charge < -0.3 is 15.5 Å². The SMILES string of the molecule is CCC/C=C\C/C=C\CCCCCCCC(=O)NC(CO)C(O)CCCCCCCCCCCCCCCCC. The number of carbonyl (C=O) groups is 1. The summed E-state index contributed by atoms with van der Waals surface area (Å²) in [5, 5.41) is 23.0. The number of rotatable bonds is 31. The maximum atomic E-state index is 12.3. The van der Waals surface area contributed by atoms with Gasteiger partial charge in [-0.3, -0.25) is 4.79 Å². The monoisotopic (exact) mass is 564 g/mol. The van der Waals surface area contributed by atoms with E-state index in [-0.39, 0.29) is 12.5 Å². The molecule has 0 saturated carbocycles. The molecule has 3 N–H and O–H groups in total. The molecule has 4 nitrogen and oxygen atoms in total. The second-order valence-corrected chi connectivity index (χ2v) is 11.9.